The first-order valence-corrected chi connectivity index (χ1v) is 8.37. The lowest BCUT2D eigenvalue weighted by atomic mass is 10.1. The van der Waals surface area contributed by atoms with Crippen LogP contribution in [-0.4, -0.2) is 25.5 Å². The number of carbonyl (C=O) groups excluding carboxylic acids is 1. The highest BCUT2D eigenvalue weighted by molar-refractivity contribution is 6.34. The van der Waals surface area contributed by atoms with Crippen molar-refractivity contribution in [2.75, 3.05) is 5.32 Å². The minimum Gasteiger partial charge on any atom is -0.318 e. The number of benzene rings is 1. The number of nitrogens with one attached hydrogen (secondary N) is 1. The van der Waals surface area contributed by atoms with Crippen molar-refractivity contribution in [3.8, 4) is 0 Å². The summed E-state index contributed by atoms with van der Waals surface area (Å²) in [5.41, 5.74) is 0.345. The fourth-order valence-electron chi connectivity index (χ4n) is 2.57. The second kappa shape index (κ2) is 7.43. The Balaban J connectivity index is 1.72. The van der Waals surface area contributed by atoms with E-state index in [1.54, 1.807) is 6.07 Å². The van der Waals surface area contributed by atoms with E-state index in [1.165, 1.54) is 34.0 Å². The monoisotopic (exact) mass is 397 g/mol. The SMILES string of the molecule is CCn1ncc(Cl)c1C(=O)Nc1cnn(Cc2cccc(C(F)(F)F)c2)c1. The standard InChI is InChI=1S/C17H15ClF3N5O/c1-2-26-15(14(18)8-23-26)16(27)24-13-7-22-25(10-13)9-11-4-3-5-12(6-11)17(19,20)21/h3-8,10H,2,9H2,1H3,(H,24,27). The molecular weight excluding hydrogens is 383 g/mol. The van der Waals surface area contributed by atoms with Crippen LogP contribution in [0.5, 0.6) is 0 Å². The Morgan fingerprint density at radius 3 is 2.74 bits per heavy atom. The summed E-state index contributed by atoms with van der Waals surface area (Å²) in [6.45, 7) is 2.44. The Bertz CT molecular complexity index is 964. The number of amides is 1. The number of hydrogen-bond donors (Lipinski definition) is 1. The second-order valence-corrected chi connectivity index (χ2v) is 6.14. The van der Waals surface area contributed by atoms with Crippen LogP contribution in [0.25, 0.3) is 0 Å². The Morgan fingerprint density at radius 2 is 2.04 bits per heavy atom. The molecule has 0 saturated heterocycles. The van der Waals surface area contributed by atoms with E-state index in [-0.39, 0.29) is 17.3 Å². The summed E-state index contributed by atoms with van der Waals surface area (Å²) in [7, 11) is 0. The second-order valence-electron chi connectivity index (χ2n) is 5.74. The lowest BCUT2D eigenvalue weighted by molar-refractivity contribution is -0.137. The molecule has 2 heterocycles. The fraction of sp³-hybridized carbons (Fsp3) is 0.235. The topological polar surface area (TPSA) is 64.7 Å². The highest BCUT2D eigenvalue weighted by atomic mass is 35.5. The normalized spacial score (nSPS) is 11.6. The van der Waals surface area contributed by atoms with Gasteiger partial charge in [0.25, 0.3) is 5.91 Å². The minimum absolute atomic E-state index is 0.132. The first kappa shape index (κ1) is 19.0. The van der Waals surface area contributed by atoms with Crippen LogP contribution in [0.2, 0.25) is 5.02 Å². The molecule has 1 N–H and O–H groups in total. The van der Waals surface area contributed by atoms with Crippen LogP contribution in [0, 0.1) is 0 Å². The predicted octanol–water partition coefficient (Wildman–Crippen LogP) is 4.07. The van der Waals surface area contributed by atoms with Crippen LogP contribution in [0.4, 0.5) is 18.9 Å². The van der Waals surface area contributed by atoms with Crippen LogP contribution < -0.4 is 5.32 Å². The molecule has 0 atom stereocenters. The summed E-state index contributed by atoms with van der Waals surface area (Å²) in [6.07, 6.45) is -0.0808. The van der Waals surface area contributed by atoms with Crippen molar-refractivity contribution in [3.63, 3.8) is 0 Å². The zero-order chi connectivity index (χ0) is 19.6. The smallest absolute Gasteiger partial charge is 0.318 e. The van der Waals surface area contributed by atoms with Gasteiger partial charge in [-0.1, -0.05) is 23.7 Å². The number of aryl methyl sites for hydroxylation is 1. The van der Waals surface area contributed by atoms with Gasteiger partial charge < -0.3 is 5.32 Å². The van der Waals surface area contributed by atoms with Crippen LogP contribution >= 0.6 is 11.6 Å². The zero-order valence-electron chi connectivity index (χ0n) is 14.2. The average Bonchev–Trinajstić information content (AvgIpc) is 3.20. The summed E-state index contributed by atoms with van der Waals surface area (Å²) in [5, 5.41) is 10.9. The Kier molecular flexibility index (Phi) is 5.22. The number of rotatable bonds is 5. The van der Waals surface area contributed by atoms with E-state index in [9.17, 15) is 18.0 Å². The molecule has 0 spiro atoms. The van der Waals surface area contributed by atoms with E-state index in [1.807, 2.05) is 6.92 Å². The van der Waals surface area contributed by atoms with Gasteiger partial charge in [-0.25, -0.2) is 0 Å². The van der Waals surface area contributed by atoms with Gasteiger partial charge in [0.2, 0.25) is 0 Å². The van der Waals surface area contributed by atoms with Gasteiger partial charge in [-0.2, -0.15) is 23.4 Å². The van der Waals surface area contributed by atoms with Crippen LogP contribution in [0.15, 0.2) is 42.9 Å². The van der Waals surface area contributed by atoms with Crippen LogP contribution in [-0.2, 0) is 19.3 Å². The molecule has 3 rings (SSSR count). The van der Waals surface area contributed by atoms with E-state index in [4.69, 9.17) is 11.6 Å². The Hall–Kier alpha value is -2.81. The number of aromatic nitrogens is 4. The molecule has 10 heteroatoms. The van der Waals surface area contributed by atoms with Crippen molar-refractivity contribution in [2.45, 2.75) is 26.2 Å². The molecule has 0 unspecified atom stereocenters. The van der Waals surface area contributed by atoms with Crippen molar-refractivity contribution in [1.82, 2.24) is 19.6 Å². The molecule has 0 aliphatic rings. The van der Waals surface area contributed by atoms with E-state index >= 15 is 0 Å². The third kappa shape index (κ3) is 4.30. The molecule has 142 valence electrons. The fourth-order valence-corrected chi connectivity index (χ4v) is 2.79. The maximum absolute atomic E-state index is 12.8. The summed E-state index contributed by atoms with van der Waals surface area (Å²) in [5.74, 6) is -0.446. The molecule has 0 fully saturated rings. The average molecular weight is 398 g/mol. The molecule has 27 heavy (non-hydrogen) atoms. The molecule has 0 radical (unpaired) electrons. The van der Waals surface area contributed by atoms with Gasteiger partial charge >= 0.3 is 6.18 Å². The number of anilines is 1. The first-order valence-electron chi connectivity index (χ1n) is 7.99. The molecule has 0 aliphatic carbocycles. The van der Waals surface area contributed by atoms with Crippen molar-refractivity contribution in [3.05, 3.63) is 64.7 Å². The highest BCUT2D eigenvalue weighted by Gasteiger charge is 2.30. The van der Waals surface area contributed by atoms with Crippen molar-refractivity contribution < 1.29 is 18.0 Å². The number of halogens is 4. The third-order valence-corrected chi connectivity index (χ3v) is 4.08. The molecule has 0 bridgehead atoms. The van der Waals surface area contributed by atoms with Crippen molar-refractivity contribution in [2.24, 2.45) is 0 Å². The summed E-state index contributed by atoms with van der Waals surface area (Å²) in [6, 6.07) is 5.01. The number of nitrogens with zero attached hydrogens (tertiary/aromatic N) is 4. The van der Waals surface area contributed by atoms with Gasteiger partial charge in [-0.15, -0.1) is 0 Å². The van der Waals surface area contributed by atoms with E-state index < -0.39 is 17.6 Å². The van der Waals surface area contributed by atoms with Gasteiger partial charge in [-0.05, 0) is 24.6 Å². The molecule has 0 aliphatic heterocycles. The molecule has 3 aromatic rings. The summed E-state index contributed by atoms with van der Waals surface area (Å²) >= 11 is 5.99. The summed E-state index contributed by atoms with van der Waals surface area (Å²) < 4.78 is 41.3. The van der Waals surface area contributed by atoms with Gasteiger partial charge in [0.1, 0.15) is 5.69 Å². The molecule has 2 aromatic heterocycles. The predicted molar refractivity (Wildman–Crippen MR) is 93.6 cm³/mol. The van der Waals surface area contributed by atoms with E-state index in [0.29, 0.717) is 17.8 Å². The molecular formula is C17H15ClF3N5O. The summed E-state index contributed by atoms with van der Waals surface area (Å²) in [4.78, 5) is 12.4. The Morgan fingerprint density at radius 1 is 1.26 bits per heavy atom. The van der Waals surface area contributed by atoms with Crippen LogP contribution in [0.3, 0.4) is 0 Å². The van der Waals surface area contributed by atoms with Gasteiger partial charge in [0.05, 0.1) is 35.2 Å². The largest absolute Gasteiger partial charge is 0.416 e. The number of alkyl halides is 3. The number of carbonyl (C=O) groups is 1. The molecule has 1 aromatic carbocycles. The lowest BCUT2D eigenvalue weighted by Gasteiger charge is -2.08. The first-order chi connectivity index (χ1) is 12.8. The van der Waals surface area contributed by atoms with Crippen LogP contribution in [0.1, 0.15) is 28.5 Å². The number of hydrogen-bond acceptors (Lipinski definition) is 3. The lowest BCUT2D eigenvalue weighted by Crippen LogP contribution is -2.17. The maximum Gasteiger partial charge on any atom is 0.416 e. The van der Waals surface area contributed by atoms with Crippen molar-refractivity contribution >= 4 is 23.2 Å². The molecule has 0 saturated carbocycles. The molecule has 6 nitrogen and oxygen atoms in total. The van der Waals surface area contributed by atoms with E-state index in [2.05, 4.69) is 15.5 Å². The van der Waals surface area contributed by atoms with Gasteiger partial charge in [0.15, 0.2) is 0 Å². The quantitative estimate of drug-likeness (QED) is 0.705. The minimum atomic E-state index is -4.40. The Labute approximate surface area is 157 Å². The zero-order valence-corrected chi connectivity index (χ0v) is 14.9. The van der Waals surface area contributed by atoms with Gasteiger partial charge in [0, 0.05) is 12.7 Å². The van der Waals surface area contributed by atoms with Gasteiger partial charge in [-0.3, -0.25) is 14.2 Å². The third-order valence-electron chi connectivity index (χ3n) is 3.80. The maximum atomic E-state index is 12.8. The van der Waals surface area contributed by atoms with Crippen molar-refractivity contribution in [1.29, 1.82) is 0 Å². The van der Waals surface area contributed by atoms with E-state index in [0.717, 1.165) is 12.1 Å². The highest BCUT2D eigenvalue weighted by Crippen LogP contribution is 2.29. The molecule has 1 amide bonds.